The third-order valence-electron chi connectivity index (χ3n) is 7.35. The molecule has 1 heterocycles. The van der Waals surface area contributed by atoms with E-state index in [-0.39, 0.29) is 29.6 Å². The van der Waals surface area contributed by atoms with Gasteiger partial charge in [-0.2, -0.15) is 0 Å². The zero-order valence-electron chi connectivity index (χ0n) is 19.5. The number of ether oxygens (including phenoxy) is 1. The van der Waals surface area contributed by atoms with Crippen LogP contribution < -0.4 is 5.32 Å². The van der Waals surface area contributed by atoms with Crippen LogP contribution in [0.3, 0.4) is 0 Å². The Kier molecular flexibility index (Phi) is 6.36. The molecule has 0 spiro atoms. The molecule has 0 unspecified atom stereocenters. The number of nitrogens with one attached hydrogen (secondary N) is 1. The number of carbonyl (C=O) groups is 2. The molecule has 0 radical (unpaired) electrons. The average molecular weight is 460 g/mol. The van der Waals surface area contributed by atoms with E-state index < -0.39 is 5.92 Å². The molecular weight excluding hydrogens is 429 g/mol. The number of esters is 1. The first-order valence-corrected chi connectivity index (χ1v) is 12.3. The Morgan fingerprint density at radius 1 is 0.941 bits per heavy atom. The summed E-state index contributed by atoms with van der Waals surface area (Å²) in [4.78, 5) is 27.0. The van der Waals surface area contributed by atoms with E-state index in [9.17, 15) is 14.0 Å². The van der Waals surface area contributed by atoms with Gasteiger partial charge in [0, 0.05) is 29.3 Å². The molecule has 176 valence electrons. The summed E-state index contributed by atoms with van der Waals surface area (Å²) in [5.41, 5.74) is 4.49. The summed E-state index contributed by atoms with van der Waals surface area (Å²) >= 11 is 0. The number of halogens is 1. The van der Waals surface area contributed by atoms with Gasteiger partial charge in [-0.1, -0.05) is 48.9 Å². The van der Waals surface area contributed by atoms with E-state index in [1.54, 1.807) is 12.1 Å². The van der Waals surface area contributed by atoms with Gasteiger partial charge in [-0.05, 0) is 68.2 Å². The topological polar surface area (TPSA) is 55.4 Å². The minimum atomic E-state index is -0.558. The molecule has 0 amide bonds. The molecule has 1 aliphatic heterocycles. The zero-order valence-corrected chi connectivity index (χ0v) is 19.5. The zero-order chi connectivity index (χ0) is 23.7. The quantitative estimate of drug-likeness (QED) is 0.565. The number of Topliss-reactive ketones (excluding diaryl/α,β-unsaturated/α-hetero) is 1. The SMILES string of the molecule is CC1=C(C(=O)OC2CCCCC2)[C@@H](c2ccc(F)cc2)C2=C(C[C@@H](c3ccccc3)CC2=O)N1. The fourth-order valence-corrected chi connectivity index (χ4v) is 5.66. The van der Waals surface area contributed by atoms with Crippen LogP contribution in [0.15, 0.2) is 77.1 Å². The monoisotopic (exact) mass is 459 g/mol. The fourth-order valence-electron chi connectivity index (χ4n) is 5.66. The summed E-state index contributed by atoms with van der Waals surface area (Å²) < 4.78 is 19.7. The molecule has 2 aromatic rings. The molecule has 1 fully saturated rings. The standard InChI is InChI=1S/C29H30FNO3/c1-18-26(29(33)34-23-10-6-3-7-11-23)27(20-12-14-22(30)15-13-20)28-24(31-18)16-21(17-25(28)32)19-8-4-2-5-9-19/h2,4-5,8-9,12-15,21,23,27,31H,3,6-7,10-11,16-17H2,1H3/t21-,27-/m1/s1. The molecule has 1 N–H and O–H groups in total. The highest BCUT2D eigenvalue weighted by Gasteiger charge is 2.41. The van der Waals surface area contributed by atoms with Crippen LogP contribution in [-0.4, -0.2) is 17.9 Å². The predicted molar refractivity (Wildman–Crippen MR) is 128 cm³/mol. The van der Waals surface area contributed by atoms with Crippen molar-refractivity contribution in [3.05, 3.63) is 94.1 Å². The van der Waals surface area contributed by atoms with Crippen LogP contribution in [0.5, 0.6) is 0 Å². The van der Waals surface area contributed by atoms with E-state index in [0.29, 0.717) is 29.7 Å². The van der Waals surface area contributed by atoms with E-state index in [4.69, 9.17) is 4.74 Å². The minimum Gasteiger partial charge on any atom is -0.459 e. The number of carbonyl (C=O) groups excluding carboxylic acids is 2. The Hall–Kier alpha value is -3.21. The van der Waals surface area contributed by atoms with E-state index in [1.165, 1.54) is 18.6 Å². The Labute approximate surface area is 199 Å². The van der Waals surface area contributed by atoms with Gasteiger partial charge in [0.15, 0.2) is 5.78 Å². The second-order valence-corrected chi connectivity index (χ2v) is 9.64. The Morgan fingerprint density at radius 2 is 1.65 bits per heavy atom. The van der Waals surface area contributed by atoms with Gasteiger partial charge in [0.2, 0.25) is 0 Å². The molecule has 0 bridgehead atoms. The highest BCUT2D eigenvalue weighted by atomic mass is 19.1. The van der Waals surface area contributed by atoms with Crippen molar-refractivity contribution in [1.82, 2.24) is 5.32 Å². The maximum absolute atomic E-state index is 13.7. The highest BCUT2D eigenvalue weighted by molar-refractivity contribution is 6.04. The molecule has 2 aromatic carbocycles. The van der Waals surface area contributed by atoms with E-state index in [1.807, 2.05) is 25.1 Å². The lowest BCUT2D eigenvalue weighted by molar-refractivity contribution is -0.146. The summed E-state index contributed by atoms with van der Waals surface area (Å²) in [7, 11) is 0. The fraction of sp³-hybridized carbons (Fsp3) is 0.379. The number of hydrogen-bond donors (Lipinski definition) is 1. The number of dihydropyridines is 1. The van der Waals surface area contributed by atoms with Crippen LogP contribution in [0.25, 0.3) is 0 Å². The third-order valence-corrected chi connectivity index (χ3v) is 7.35. The Morgan fingerprint density at radius 3 is 2.35 bits per heavy atom. The van der Waals surface area contributed by atoms with Crippen molar-refractivity contribution in [2.45, 2.75) is 69.8 Å². The predicted octanol–water partition coefficient (Wildman–Crippen LogP) is 6.06. The van der Waals surface area contributed by atoms with Gasteiger partial charge < -0.3 is 10.1 Å². The van der Waals surface area contributed by atoms with Crippen molar-refractivity contribution in [3.63, 3.8) is 0 Å². The van der Waals surface area contributed by atoms with Crippen molar-refractivity contribution < 1.29 is 18.7 Å². The molecule has 4 nitrogen and oxygen atoms in total. The second-order valence-electron chi connectivity index (χ2n) is 9.64. The van der Waals surface area contributed by atoms with Gasteiger partial charge in [-0.15, -0.1) is 0 Å². The number of rotatable bonds is 4. The lowest BCUT2D eigenvalue weighted by Gasteiger charge is -2.37. The molecule has 0 aromatic heterocycles. The summed E-state index contributed by atoms with van der Waals surface area (Å²) in [5, 5.41) is 3.39. The van der Waals surface area contributed by atoms with Crippen LogP contribution in [0.1, 0.15) is 74.8 Å². The van der Waals surface area contributed by atoms with Gasteiger partial charge in [-0.25, -0.2) is 9.18 Å². The number of ketones is 1. The molecule has 2 aliphatic carbocycles. The van der Waals surface area contributed by atoms with Crippen LogP contribution >= 0.6 is 0 Å². The number of benzene rings is 2. The van der Waals surface area contributed by atoms with Gasteiger partial charge in [0.25, 0.3) is 0 Å². The Balaban J connectivity index is 1.52. The molecule has 3 aliphatic rings. The van der Waals surface area contributed by atoms with Gasteiger partial charge in [0.05, 0.1) is 5.57 Å². The maximum atomic E-state index is 13.7. The average Bonchev–Trinajstić information content (AvgIpc) is 2.84. The first-order valence-electron chi connectivity index (χ1n) is 12.3. The molecule has 34 heavy (non-hydrogen) atoms. The normalized spacial score (nSPS) is 23.4. The largest absolute Gasteiger partial charge is 0.459 e. The van der Waals surface area contributed by atoms with Crippen LogP contribution in [0.2, 0.25) is 0 Å². The van der Waals surface area contributed by atoms with Gasteiger partial charge in [-0.3, -0.25) is 4.79 Å². The molecule has 5 rings (SSSR count). The lowest BCUT2D eigenvalue weighted by atomic mass is 9.71. The van der Waals surface area contributed by atoms with Crippen molar-refractivity contribution in [2.24, 2.45) is 0 Å². The van der Waals surface area contributed by atoms with Gasteiger partial charge >= 0.3 is 5.97 Å². The van der Waals surface area contributed by atoms with E-state index in [0.717, 1.165) is 42.5 Å². The maximum Gasteiger partial charge on any atom is 0.337 e. The summed E-state index contributed by atoms with van der Waals surface area (Å²) in [5.74, 6) is -1.18. The van der Waals surface area contributed by atoms with Gasteiger partial charge in [0.1, 0.15) is 11.9 Å². The van der Waals surface area contributed by atoms with Crippen molar-refractivity contribution in [3.8, 4) is 0 Å². The van der Waals surface area contributed by atoms with Crippen LogP contribution in [-0.2, 0) is 14.3 Å². The van der Waals surface area contributed by atoms with Crippen molar-refractivity contribution >= 4 is 11.8 Å². The molecule has 5 heteroatoms. The van der Waals surface area contributed by atoms with E-state index >= 15 is 0 Å². The van der Waals surface area contributed by atoms with Crippen LogP contribution in [0, 0.1) is 5.82 Å². The second kappa shape index (κ2) is 9.57. The number of allylic oxidation sites excluding steroid dienone is 3. The molecular formula is C29H30FNO3. The summed E-state index contributed by atoms with van der Waals surface area (Å²) in [6.45, 7) is 1.87. The molecule has 1 saturated carbocycles. The molecule has 2 atom stereocenters. The highest BCUT2D eigenvalue weighted by Crippen LogP contribution is 2.46. The minimum absolute atomic E-state index is 0.0207. The summed E-state index contributed by atoms with van der Waals surface area (Å²) in [6, 6.07) is 16.2. The third kappa shape index (κ3) is 4.44. The smallest absolute Gasteiger partial charge is 0.337 e. The van der Waals surface area contributed by atoms with Crippen LogP contribution in [0.4, 0.5) is 4.39 Å². The van der Waals surface area contributed by atoms with Crippen molar-refractivity contribution in [1.29, 1.82) is 0 Å². The number of hydrogen-bond acceptors (Lipinski definition) is 4. The Bertz CT molecular complexity index is 1140. The van der Waals surface area contributed by atoms with Crippen molar-refractivity contribution in [2.75, 3.05) is 0 Å². The first-order chi connectivity index (χ1) is 16.5. The summed E-state index contributed by atoms with van der Waals surface area (Å²) in [6.07, 6.45) is 6.01. The lowest BCUT2D eigenvalue weighted by Crippen LogP contribution is -2.37. The first kappa shape index (κ1) is 22.6. The molecule has 0 saturated heterocycles. The van der Waals surface area contributed by atoms with E-state index in [2.05, 4.69) is 17.4 Å².